The van der Waals surface area contributed by atoms with Gasteiger partial charge in [0.05, 0.1) is 0 Å². The van der Waals surface area contributed by atoms with Gasteiger partial charge in [-0.05, 0) is 28.8 Å². The molecule has 0 unspecified atom stereocenters. The van der Waals surface area contributed by atoms with Crippen molar-refractivity contribution < 1.29 is 5.02 Å². The quantitative estimate of drug-likeness (QED) is 0.757. The van der Waals surface area contributed by atoms with Crippen LogP contribution in [0, 0.1) is 0 Å². The first kappa shape index (κ1) is 9.75. The monoisotopic (exact) mass is 203 g/mol. The second-order valence-corrected chi connectivity index (χ2v) is 4.31. The highest BCUT2D eigenvalue weighted by Crippen LogP contribution is 2.25. The molecule has 0 aliphatic heterocycles. The zero-order valence-corrected chi connectivity index (χ0v) is 8.97. The number of hydrogen-bond acceptors (Lipinski definition) is 2. The summed E-state index contributed by atoms with van der Waals surface area (Å²) < 4.78 is 1.26. The van der Waals surface area contributed by atoms with Gasteiger partial charge in [-0.1, -0.05) is 30.9 Å². The SMILES string of the molecule is CCCc1csc2cc([B]O)ccc12. The first-order valence-corrected chi connectivity index (χ1v) is 5.70. The Labute approximate surface area is 88.7 Å². The Morgan fingerprint density at radius 1 is 1.43 bits per heavy atom. The second kappa shape index (κ2) is 4.15. The zero-order chi connectivity index (χ0) is 9.97. The van der Waals surface area contributed by atoms with Gasteiger partial charge in [0, 0.05) is 4.70 Å². The number of rotatable bonds is 3. The topological polar surface area (TPSA) is 20.2 Å². The minimum Gasteiger partial charge on any atom is -0.450 e. The Bertz CT molecular complexity index is 436. The third kappa shape index (κ3) is 1.70. The van der Waals surface area contributed by atoms with E-state index in [0.29, 0.717) is 0 Å². The van der Waals surface area contributed by atoms with Crippen molar-refractivity contribution in [1.82, 2.24) is 0 Å². The van der Waals surface area contributed by atoms with Gasteiger partial charge in [-0.15, -0.1) is 11.3 Å². The molecule has 3 heteroatoms. The van der Waals surface area contributed by atoms with E-state index in [4.69, 9.17) is 5.02 Å². The standard InChI is InChI=1S/C11H12BOS/c1-2-3-8-7-14-11-6-9(12-13)4-5-10(8)11/h4-7,13H,2-3H2,1H3. The zero-order valence-electron chi connectivity index (χ0n) is 8.16. The molecular weight excluding hydrogens is 191 g/mol. The van der Waals surface area contributed by atoms with Crippen LogP contribution >= 0.6 is 11.3 Å². The van der Waals surface area contributed by atoms with Gasteiger partial charge in [0.15, 0.2) is 0 Å². The summed E-state index contributed by atoms with van der Waals surface area (Å²) in [6.45, 7) is 2.19. The van der Waals surface area contributed by atoms with Crippen LogP contribution in [0.5, 0.6) is 0 Å². The van der Waals surface area contributed by atoms with E-state index in [1.807, 2.05) is 12.1 Å². The third-order valence-electron chi connectivity index (χ3n) is 2.35. The van der Waals surface area contributed by atoms with Crippen molar-refractivity contribution in [2.45, 2.75) is 19.8 Å². The van der Waals surface area contributed by atoms with Crippen LogP contribution in [0.25, 0.3) is 10.1 Å². The van der Waals surface area contributed by atoms with Crippen molar-refractivity contribution in [3.8, 4) is 0 Å². The molecule has 0 fully saturated rings. The van der Waals surface area contributed by atoms with Gasteiger partial charge in [-0.2, -0.15) is 0 Å². The molecule has 1 nitrogen and oxygen atoms in total. The molecule has 14 heavy (non-hydrogen) atoms. The molecule has 0 atom stereocenters. The molecule has 0 aliphatic rings. The smallest absolute Gasteiger partial charge is 0.326 e. The van der Waals surface area contributed by atoms with Gasteiger partial charge in [0.2, 0.25) is 0 Å². The molecule has 0 spiro atoms. The maximum Gasteiger partial charge on any atom is 0.326 e. The molecule has 1 aromatic heterocycles. The average molecular weight is 203 g/mol. The van der Waals surface area contributed by atoms with Crippen LogP contribution in [0.4, 0.5) is 0 Å². The summed E-state index contributed by atoms with van der Waals surface area (Å²) in [4.78, 5) is 0. The maximum atomic E-state index is 8.89. The Hall–Kier alpha value is -0.795. The molecule has 0 aliphatic carbocycles. The van der Waals surface area contributed by atoms with Gasteiger partial charge in [0.1, 0.15) is 0 Å². The Morgan fingerprint density at radius 2 is 2.29 bits per heavy atom. The Kier molecular flexibility index (Phi) is 2.89. The fraction of sp³-hybridized carbons (Fsp3) is 0.273. The molecule has 1 radical (unpaired) electrons. The number of benzene rings is 1. The van der Waals surface area contributed by atoms with Crippen LogP contribution in [0.3, 0.4) is 0 Å². The lowest BCUT2D eigenvalue weighted by molar-refractivity contribution is 0.615. The fourth-order valence-electron chi connectivity index (χ4n) is 1.64. The molecule has 2 aromatic rings. The fourth-order valence-corrected chi connectivity index (χ4v) is 2.69. The van der Waals surface area contributed by atoms with Crippen LogP contribution in [0.15, 0.2) is 23.6 Å². The van der Waals surface area contributed by atoms with E-state index < -0.39 is 0 Å². The molecule has 1 heterocycles. The summed E-state index contributed by atoms with van der Waals surface area (Å²) in [7, 11) is 1.15. The van der Waals surface area contributed by atoms with E-state index in [-0.39, 0.29) is 0 Å². The predicted molar refractivity (Wildman–Crippen MR) is 63.4 cm³/mol. The molecule has 2 rings (SSSR count). The molecule has 71 valence electrons. The van der Waals surface area contributed by atoms with Crippen LogP contribution in [-0.4, -0.2) is 12.5 Å². The summed E-state index contributed by atoms with van der Waals surface area (Å²) in [6.07, 6.45) is 2.32. The highest BCUT2D eigenvalue weighted by atomic mass is 32.1. The summed E-state index contributed by atoms with van der Waals surface area (Å²) in [5.41, 5.74) is 2.30. The van der Waals surface area contributed by atoms with Crippen molar-refractivity contribution in [2.24, 2.45) is 0 Å². The molecule has 1 aromatic carbocycles. The number of aryl methyl sites for hydroxylation is 1. The number of hydrogen-bond donors (Lipinski definition) is 1. The molecular formula is C11H12BOS. The van der Waals surface area contributed by atoms with E-state index in [0.717, 1.165) is 19.4 Å². The van der Waals surface area contributed by atoms with E-state index in [1.54, 1.807) is 11.3 Å². The van der Waals surface area contributed by atoms with E-state index >= 15 is 0 Å². The van der Waals surface area contributed by atoms with Gasteiger partial charge in [-0.3, -0.25) is 0 Å². The lowest BCUT2D eigenvalue weighted by Crippen LogP contribution is -2.11. The van der Waals surface area contributed by atoms with E-state index in [2.05, 4.69) is 18.4 Å². The van der Waals surface area contributed by atoms with Crippen LogP contribution < -0.4 is 5.46 Å². The first-order valence-electron chi connectivity index (χ1n) is 4.82. The molecule has 0 saturated carbocycles. The average Bonchev–Trinajstić information content (AvgIpc) is 2.61. The summed E-state index contributed by atoms with van der Waals surface area (Å²) in [5, 5.41) is 12.4. The molecule has 1 N–H and O–H groups in total. The maximum absolute atomic E-state index is 8.89. The number of thiophene rings is 1. The highest BCUT2D eigenvalue weighted by molar-refractivity contribution is 7.17. The van der Waals surface area contributed by atoms with Crippen LogP contribution in [0.1, 0.15) is 18.9 Å². The van der Waals surface area contributed by atoms with Crippen LogP contribution in [-0.2, 0) is 6.42 Å². The normalized spacial score (nSPS) is 10.7. The summed E-state index contributed by atoms with van der Waals surface area (Å²) in [6, 6.07) is 6.08. The first-order chi connectivity index (χ1) is 6.85. The Morgan fingerprint density at radius 3 is 3.00 bits per heavy atom. The van der Waals surface area contributed by atoms with Crippen molar-refractivity contribution in [1.29, 1.82) is 0 Å². The Balaban J connectivity index is 2.48. The van der Waals surface area contributed by atoms with Gasteiger partial charge in [0.25, 0.3) is 0 Å². The van der Waals surface area contributed by atoms with Crippen molar-refractivity contribution in [2.75, 3.05) is 0 Å². The van der Waals surface area contributed by atoms with Gasteiger partial charge in [-0.25, -0.2) is 0 Å². The van der Waals surface area contributed by atoms with E-state index in [1.165, 1.54) is 22.1 Å². The molecule has 0 saturated heterocycles. The lowest BCUT2D eigenvalue weighted by atomic mass is 9.88. The second-order valence-electron chi connectivity index (χ2n) is 3.40. The molecule has 0 bridgehead atoms. The summed E-state index contributed by atoms with van der Waals surface area (Å²) >= 11 is 1.75. The van der Waals surface area contributed by atoms with Crippen molar-refractivity contribution >= 4 is 34.4 Å². The highest BCUT2D eigenvalue weighted by Gasteiger charge is 2.03. The lowest BCUT2D eigenvalue weighted by Gasteiger charge is -1.97. The minimum atomic E-state index is 0.877. The predicted octanol–water partition coefficient (Wildman–Crippen LogP) is 2.09. The van der Waals surface area contributed by atoms with E-state index in [9.17, 15) is 0 Å². The van der Waals surface area contributed by atoms with Crippen LogP contribution in [0.2, 0.25) is 0 Å². The van der Waals surface area contributed by atoms with Crippen molar-refractivity contribution in [3.63, 3.8) is 0 Å². The van der Waals surface area contributed by atoms with Crippen molar-refractivity contribution in [3.05, 3.63) is 29.1 Å². The van der Waals surface area contributed by atoms with Gasteiger partial charge >= 0.3 is 7.48 Å². The minimum absolute atomic E-state index is 0.877. The van der Waals surface area contributed by atoms with Gasteiger partial charge < -0.3 is 5.02 Å². The summed E-state index contributed by atoms with van der Waals surface area (Å²) in [5.74, 6) is 0. The third-order valence-corrected chi connectivity index (χ3v) is 3.34. The number of fused-ring (bicyclic) bond motifs is 1. The largest absolute Gasteiger partial charge is 0.450 e. The molecule has 0 amide bonds.